The number of carbonyl (C=O) groups excluding carboxylic acids is 1. The Labute approximate surface area is 165 Å². The van der Waals surface area contributed by atoms with Gasteiger partial charge in [-0.05, 0) is 12.0 Å². The van der Waals surface area contributed by atoms with Gasteiger partial charge in [0.1, 0.15) is 5.01 Å². The van der Waals surface area contributed by atoms with Crippen LogP contribution in [0.4, 0.5) is 0 Å². The standard InChI is InChI=1S/C21H29N3O2S/c1-2-3-4-9-22-20(25)14-19-16-27-21(23-19)18-7-5-17(6-8-18)15-24-10-12-26-13-11-24/h5-8,16H,2-4,9-15H2,1H3,(H,22,25). The smallest absolute Gasteiger partial charge is 0.226 e. The second-order valence-corrected chi connectivity index (χ2v) is 7.82. The summed E-state index contributed by atoms with van der Waals surface area (Å²) >= 11 is 1.60. The monoisotopic (exact) mass is 387 g/mol. The van der Waals surface area contributed by atoms with Crippen LogP contribution in [0.2, 0.25) is 0 Å². The van der Waals surface area contributed by atoms with Crippen molar-refractivity contribution in [3.05, 3.63) is 40.9 Å². The minimum Gasteiger partial charge on any atom is -0.379 e. The van der Waals surface area contributed by atoms with Gasteiger partial charge in [0.2, 0.25) is 5.91 Å². The van der Waals surface area contributed by atoms with E-state index in [2.05, 4.69) is 46.4 Å². The van der Waals surface area contributed by atoms with Crippen molar-refractivity contribution < 1.29 is 9.53 Å². The Balaban J connectivity index is 1.50. The second-order valence-electron chi connectivity index (χ2n) is 6.96. The highest BCUT2D eigenvalue weighted by atomic mass is 32.1. The normalized spacial score (nSPS) is 15.0. The van der Waals surface area contributed by atoms with Gasteiger partial charge in [-0.15, -0.1) is 11.3 Å². The Morgan fingerprint density at radius 3 is 2.74 bits per heavy atom. The van der Waals surface area contributed by atoms with E-state index < -0.39 is 0 Å². The van der Waals surface area contributed by atoms with Crippen molar-refractivity contribution in [1.29, 1.82) is 0 Å². The molecule has 0 unspecified atom stereocenters. The van der Waals surface area contributed by atoms with E-state index in [9.17, 15) is 4.79 Å². The Kier molecular flexibility index (Phi) is 7.80. The van der Waals surface area contributed by atoms with Gasteiger partial charge in [-0.1, -0.05) is 44.0 Å². The van der Waals surface area contributed by atoms with Crippen LogP contribution in [0.25, 0.3) is 10.6 Å². The lowest BCUT2D eigenvalue weighted by Gasteiger charge is -2.26. The van der Waals surface area contributed by atoms with Crippen molar-refractivity contribution >= 4 is 17.2 Å². The molecular weight excluding hydrogens is 358 g/mol. The molecule has 2 aromatic rings. The highest BCUT2D eigenvalue weighted by Crippen LogP contribution is 2.24. The number of carbonyl (C=O) groups is 1. The van der Waals surface area contributed by atoms with E-state index in [-0.39, 0.29) is 5.91 Å². The first-order valence-electron chi connectivity index (χ1n) is 9.85. The van der Waals surface area contributed by atoms with Crippen LogP contribution in [-0.4, -0.2) is 48.6 Å². The van der Waals surface area contributed by atoms with E-state index in [1.54, 1.807) is 11.3 Å². The Morgan fingerprint density at radius 2 is 2.00 bits per heavy atom. The van der Waals surface area contributed by atoms with E-state index in [0.29, 0.717) is 6.42 Å². The summed E-state index contributed by atoms with van der Waals surface area (Å²) in [5.41, 5.74) is 3.27. The number of nitrogens with zero attached hydrogens (tertiary/aromatic N) is 2. The molecule has 3 rings (SSSR count). The number of amides is 1. The van der Waals surface area contributed by atoms with E-state index in [0.717, 1.165) is 74.9 Å². The fourth-order valence-electron chi connectivity index (χ4n) is 3.12. The Bertz CT molecular complexity index is 708. The summed E-state index contributed by atoms with van der Waals surface area (Å²) in [5, 5.41) is 5.94. The molecule has 27 heavy (non-hydrogen) atoms. The molecule has 1 fully saturated rings. The van der Waals surface area contributed by atoms with Crippen molar-refractivity contribution in [2.24, 2.45) is 0 Å². The summed E-state index contributed by atoms with van der Waals surface area (Å²) in [4.78, 5) is 19.1. The number of thiazole rings is 1. The van der Waals surface area contributed by atoms with Crippen molar-refractivity contribution in [2.45, 2.75) is 39.2 Å². The van der Waals surface area contributed by atoms with Crippen LogP contribution in [0, 0.1) is 0 Å². The summed E-state index contributed by atoms with van der Waals surface area (Å²) in [6, 6.07) is 8.60. The van der Waals surface area contributed by atoms with Gasteiger partial charge in [0.25, 0.3) is 0 Å². The molecule has 0 bridgehead atoms. The summed E-state index contributed by atoms with van der Waals surface area (Å²) < 4.78 is 5.40. The molecule has 5 nitrogen and oxygen atoms in total. The van der Waals surface area contributed by atoms with Crippen molar-refractivity contribution in [3.63, 3.8) is 0 Å². The van der Waals surface area contributed by atoms with Gasteiger partial charge >= 0.3 is 0 Å². The minimum atomic E-state index is 0.0591. The number of morpholine rings is 1. The Morgan fingerprint density at radius 1 is 1.22 bits per heavy atom. The van der Waals surface area contributed by atoms with Gasteiger partial charge in [-0.2, -0.15) is 0 Å². The quantitative estimate of drug-likeness (QED) is 0.669. The zero-order valence-electron chi connectivity index (χ0n) is 16.1. The second kappa shape index (κ2) is 10.5. The van der Waals surface area contributed by atoms with Gasteiger partial charge in [0.05, 0.1) is 25.3 Å². The third-order valence-corrected chi connectivity index (χ3v) is 5.65. The SMILES string of the molecule is CCCCCNC(=O)Cc1csc(-c2ccc(CN3CCOCC3)cc2)n1. The number of benzene rings is 1. The molecule has 0 atom stereocenters. The fraction of sp³-hybridized carbons (Fsp3) is 0.524. The zero-order valence-corrected chi connectivity index (χ0v) is 16.9. The number of rotatable bonds is 9. The molecule has 0 saturated carbocycles. The maximum absolute atomic E-state index is 12.0. The van der Waals surface area contributed by atoms with Crippen LogP contribution in [0.1, 0.15) is 37.4 Å². The number of hydrogen-bond acceptors (Lipinski definition) is 5. The predicted molar refractivity (Wildman–Crippen MR) is 110 cm³/mol. The first-order chi connectivity index (χ1) is 13.2. The van der Waals surface area contributed by atoms with Crippen LogP contribution in [0.5, 0.6) is 0 Å². The molecule has 0 spiro atoms. The summed E-state index contributed by atoms with van der Waals surface area (Å²) in [5.74, 6) is 0.0591. The molecule has 6 heteroatoms. The van der Waals surface area contributed by atoms with Crippen LogP contribution in [0.15, 0.2) is 29.6 Å². The zero-order chi connectivity index (χ0) is 18.9. The van der Waals surface area contributed by atoms with E-state index in [4.69, 9.17) is 4.74 Å². The number of ether oxygens (including phenoxy) is 1. The van der Waals surface area contributed by atoms with E-state index in [1.165, 1.54) is 5.56 Å². The molecular formula is C21H29N3O2S. The molecule has 2 heterocycles. The highest BCUT2D eigenvalue weighted by molar-refractivity contribution is 7.13. The van der Waals surface area contributed by atoms with E-state index in [1.807, 2.05) is 5.38 Å². The molecule has 1 amide bonds. The lowest BCUT2D eigenvalue weighted by Crippen LogP contribution is -2.35. The van der Waals surface area contributed by atoms with Crippen LogP contribution >= 0.6 is 11.3 Å². The van der Waals surface area contributed by atoms with Crippen molar-refractivity contribution in [1.82, 2.24) is 15.2 Å². The fourth-order valence-corrected chi connectivity index (χ4v) is 3.95. The molecule has 0 radical (unpaired) electrons. The summed E-state index contributed by atoms with van der Waals surface area (Å²) in [7, 11) is 0. The number of nitrogens with one attached hydrogen (secondary N) is 1. The van der Waals surface area contributed by atoms with Gasteiger partial charge in [0.15, 0.2) is 0 Å². The topological polar surface area (TPSA) is 54.5 Å². The first kappa shape index (κ1) is 20.0. The summed E-state index contributed by atoms with van der Waals surface area (Å²) in [6.07, 6.45) is 3.72. The number of unbranched alkanes of at least 4 members (excludes halogenated alkanes) is 2. The largest absolute Gasteiger partial charge is 0.379 e. The predicted octanol–water partition coefficient (Wildman–Crippen LogP) is 3.49. The molecule has 146 valence electrons. The third kappa shape index (κ3) is 6.41. The molecule has 0 aliphatic carbocycles. The Hall–Kier alpha value is -1.76. The molecule has 1 N–H and O–H groups in total. The number of hydrogen-bond donors (Lipinski definition) is 1. The average molecular weight is 388 g/mol. The lowest BCUT2D eigenvalue weighted by atomic mass is 10.1. The maximum atomic E-state index is 12.0. The first-order valence-corrected chi connectivity index (χ1v) is 10.7. The average Bonchev–Trinajstić information content (AvgIpc) is 3.15. The molecule has 1 saturated heterocycles. The lowest BCUT2D eigenvalue weighted by molar-refractivity contribution is -0.120. The third-order valence-electron chi connectivity index (χ3n) is 4.71. The van der Waals surface area contributed by atoms with E-state index >= 15 is 0 Å². The van der Waals surface area contributed by atoms with Crippen molar-refractivity contribution in [2.75, 3.05) is 32.8 Å². The molecule has 1 aromatic heterocycles. The number of aromatic nitrogens is 1. The molecule has 1 aromatic carbocycles. The molecule has 1 aliphatic heterocycles. The summed E-state index contributed by atoms with van der Waals surface area (Å²) in [6.45, 7) is 7.53. The van der Waals surface area contributed by atoms with Crippen LogP contribution in [0.3, 0.4) is 0 Å². The van der Waals surface area contributed by atoms with Crippen molar-refractivity contribution in [3.8, 4) is 10.6 Å². The van der Waals surface area contributed by atoms with Gasteiger partial charge < -0.3 is 10.1 Å². The van der Waals surface area contributed by atoms with Gasteiger partial charge in [0, 0.05) is 37.1 Å². The van der Waals surface area contributed by atoms with Crippen LogP contribution in [-0.2, 0) is 22.5 Å². The maximum Gasteiger partial charge on any atom is 0.226 e. The minimum absolute atomic E-state index is 0.0591. The van der Waals surface area contributed by atoms with Gasteiger partial charge in [-0.25, -0.2) is 4.98 Å². The highest BCUT2D eigenvalue weighted by Gasteiger charge is 2.12. The van der Waals surface area contributed by atoms with Crippen LogP contribution < -0.4 is 5.32 Å². The molecule has 1 aliphatic rings. The van der Waals surface area contributed by atoms with Gasteiger partial charge in [-0.3, -0.25) is 9.69 Å².